The molecular weight excluding hydrogens is 626 g/mol. The van der Waals surface area contributed by atoms with Crippen LogP contribution >= 0.6 is 17.2 Å². The third-order valence-electron chi connectivity index (χ3n) is 24.0. The average Bonchev–Trinajstić information content (AvgIpc) is 3.81. The van der Waals surface area contributed by atoms with Gasteiger partial charge in [-0.2, -0.15) is 0 Å². The molecule has 0 radical (unpaired) electrons. The number of rotatable bonds is 7. The average molecular weight is 681 g/mol. The Hall–Kier alpha value is -0.261. The summed E-state index contributed by atoms with van der Waals surface area (Å²) >= 11 is 0. The number of nitrogens with one attached hydrogen (secondary N) is 2. The zero-order valence-corrected chi connectivity index (χ0v) is 31.4. The number of hydrogen-bond acceptors (Lipinski definition) is 2. The number of hydrogen-bond donors (Lipinski definition) is 2. The zero-order valence-electron chi connectivity index (χ0n) is 28.2. The van der Waals surface area contributed by atoms with Crippen LogP contribution < -0.4 is 10.6 Å². The second-order valence-corrected chi connectivity index (χ2v) is 49.5. The van der Waals surface area contributed by atoms with Gasteiger partial charge in [-0.1, -0.05) is 0 Å². The van der Waals surface area contributed by atoms with Crippen molar-refractivity contribution < 1.29 is 6.51 Å². The summed E-state index contributed by atoms with van der Waals surface area (Å²) in [5.41, 5.74) is 3.75. The maximum atomic E-state index is 3.99. The SMILES string of the molecule is CC(C)(C)P(C[C]12[C]3(c4ccccc4)[C]4(c5ccccc5)[CH]5[C]1(C(P)(C1CCNC1)C1CCNC1)[Fe]54231678[CH]2[CH]1[CH]6[CH]7[CH]28)C(C)(C)C. The second-order valence-electron chi connectivity index (χ2n) is 22.0. The quantitative estimate of drug-likeness (QED) is 0.225. The molecule has 14 rings (SSSR count). The number of benzene rings is 2. The zero-order chi connectivity index (χ0) is 30.6. The molecule has 12 fully saturated rings. The first-order chi connectivity index (χ1) is 21.2. The van der Waals surface area contributed by atoms with Gasteiger partial charge in [0.05, 0.1) is 0 Å². The van der Waals surface area contributed by atoms with Crippen molar-refractivity contribution >= 4 is 17.2 Å². The predicted octanol–water partition coefficient (Wildman–Crippen LogP) is 9.24. The fourth-order valence-corrected chi connectivity index (χ4v) is 119. The Kier molecular flexibility index (Phi) is 2.37. The van der Waals surface area contributed by atoms with Gasteiger partial charge in [0.1, 0.15) is 0 Å². The minimum absolute atomic E-state index is 0.171. The molecule has 12 aliphatic heterocycles. The molecule has 45 heavy (non-hydrogen) atoms. The van der Waals surface area contributed by atoms with Gasteiger partial charge in [-0.3, -0.25) is 0 Å². The van der Waals surface area contributed by atoms with Crippen LogP contribution in [0.1, 0.15) is 65.5 Å². The van der Waals surface area contributed by atoms with Gasteiger partial charge in [-0.25, -0.2) is 0 Å². The van der Waals surface area contributed by atoms with Gasteiger partial charge < -0.3 is 0 Å². The summed E-state index contributed by atoms with van der Waals surface area (Å²) in [6.45, 7) is 16.4. The van der Waals surface area contributed by atoms with Crippen molar-refractivity contribution in [1.82, 2.24) is 10.6 Å². The van der Waals surface area contributed by atoms with Gasteiger partial charge >= 0.3 is 266 Å². The molecule has 0 amide bonds. The third-order valence-corrected chi connectivity index (χ3v) is 74.4. The molecule has 12 saturated heterocycles. The van der Waals surface area contributed by atoms with Crippen LogP contribution in [-0.2, 0) is 15.1 Å². The summed E-state index contributed by atoms with van der Waals surface area (Å²) in [6, 6.07) is 25.3. The van der Waals surface area contributed by atoms with E-state index in [1.165, 1.54) is 63.1 Å². The predicted molar refractivity (Wildman–Crippen MR) is 190 cm³/mol. The molecular formula is C40H54FeN2P2. The molecule has 8 unspecified atom stereocenters. The first-order valence-corrected chi connectivity index (χ1v) is 26.7. The molecule has 2 aromatic rings. The molecule has 12 aliphatic rings. The van der Waals surface area contributed by atoms with Gasteiger partial charge in [0, 0.05) is 0 Å². The monoisotopic (exact) mass is 680 g/mol. The Morgan fingerprint density at radius 1 is 0.733 bits per heavy atom. The molecule has 0 saturated carbocycles. The van der Waals surface area contributed by atoms with Crippen molar-refractivity contribution in [3.05, 3.63) is 71.8 Å². The first kappa shape index (κ1) is 25.7. The summed E-state index contributed by atoms with van der Waals surface area (Å²) in [4.78, 5) is 7.08. The van der Waals surface area contributed by atoms with E-state index < -0.39 is 6.51 Å². The van der Waals surface area contributed by atoms with Crippen molar-refractivity contribution in [3.8, 4) is 0 Å². The van der Waals surface area contributed by atoms with Crippen molar-refractivity contribution in [1.29, 1.82) is 0 Å². The van der Waals surface area contributed by atoms with Crippen LogP contribution in [-0.4, -0.2) is 47.8 Å². The van der Waals surface area contributed by atoms with E-state index in [0.717, 1.165) is 16.7 Å². The molecule has 1 spiro atoms. The third kappa shape index (κ3) is 0.680. The van der Waals surface area contributed by atoms with E-state index >= 15 is 0 Å². The van der Waals surface area contributed by atoms with Crippen LogP contribution in [0.4, 0.5) is 0 Å². The van der Waals surface area contributed by atoms with E-state index in [1.54, 1.807) is 6.16 Å². The van der Waals surface area contributed by atoms with Gasteiger partial charge in [-0.15, -0.1) is 0 Å². The molecule has 5 heteroatoms. The van der Waals surface area contributed by atoms with Crippen LogP contribution in [0.2, 0.25) is 37.5 Å². The van der Waals surface area contributed by atoms with Gasteiger partial charge in [0.25, 0.3) is 0 Å². The molecule has 8 atom stereocenters. The summed E-state index contributed by atoms with van der Waals surface area (Å²) in [6.07, 6.45) is 4.43. The second kappa shape index (κ2) is 4.15. The Morgan fingerprint density at radius 2 is 1.20 bits per heavy atom. The van der Waals surface area contributed by atoms with E-state index in [0.29, 0.717) is 32.7 Å². The van der Waals surface area contributed by atoms with E-state index in [4.69, 9.17) is 0 Å². The van der Waals surface area contributed by atoms with E-state index in [2.05, 4.69) is 122 Å². The molecule has 2 aromatic carbocycles. The van der Waals surface area contributed by atoms with Crippen molar-refractivity contribution in [2.75, 3.05) is 32.3 Å². The normalized spacial score (nSPS) is 66.5. The van der Waals surface area contributed by atoms with Crippen LogP contribution in [0, 0.1) is 11.8 Å². The summed E-state index contributed by atoms with van der Waals surface area (Å²) in [7, 11) is 3.82. The molecule has 0 bridgehead atoms. The standard InChI is InChI=1S/C35H49N2P2.C5H5.Fe/c1-33(2,3)39(34(4,5)6)24-30-31(35(38,27-17-19-36-22-27)28-18-20-37-23-28)21-29(25-13-9-7-10-14-25)32(30)26-15-11-8-12-16-26;1-2-4-5-3-1;/h7-16,21,27-28,36-37H,17-20,22-24,38H2,1-6H3;1-5H;. The van der Waals surface area contributed by atoms with Gasteiger partial charge in [0.2, 0.25) is 0 Å². The topological polar surface area (TPSA) is 24.1 Å². The van der Waals surface area contributed by atoms with Gasteiger partial charge in [0.15, 0.2) is 0 Å². The minimum atomic E-state index is -4.58. The summed E-state index contributed by atoms with van der Waals surface area (Å²) in [5, 5.41) is 9.12. The molecule has 0 aromatic heterocycles. The Morgan fingerprint density at radius 3 is 1.60 bits per heavy atom. The Bertz CT molecular complexity index is 2130. The molecule has 0 aliphatic carbocycles. The van der Waals surface area contributed by atoms with E-state index in [-0.39, 0.29) is 7.92 Å². The van der Waals surface area contributed by atoms with Crippen LogP contribution in [0.25, 0.3) is 0 Å². The van der Waals surface area contributed by atoms with E-state index in [1.807, 2.05) is 11.1 Å². The summed E-state index contributed by atoms with van der Waals surface area (Å²) < 4.78 is 2.42. The number of fused-ring (bicyclic) bond motifs is 10. The van der Waals surface area contributed by atoms with Crippen LogP contribution in [0.15, 0.2) is 60.7 Å². The van der Waals surface area contributed by atoms with Crippen LogP contribution in [0.3, 0.4) is 0 Å². The van der Waals surface area contributed by atoms with Crippen LogP contribution in [0.5, 0.6) is 0 Å². The van der Waals surface area contributed by atoms with E-state index in [9.17, 15) is 0 Å². The van der Waals surface area contributed by atoms with Gasteiger partial charge in [-0.05, 0) is 0 Å². The fourth-order valence-electron chi connectivity index (χ4n) is 27.2. The Balaban J connectivity index is 1.18. The van der Waals surface area contributed by atoms with Crippen molar-refractivity contribution in [3.63, 3.8) is 0 Å². The molecule has 2 nitrogen and oxygen atoms in total. The fraction of sp³-hybridized carbons (Fsp3) is 0.700. The maximum absolute atomic E-state index is 4.58. The first-order valence-electron chi connectivity index (χ1n) is 18.5. The van der Waals surface area contributed by atoms with Crippen molar-refractivity contribution in [2.24, 2.45) is 11.8 Å². The Labute approximate surface area is 265 Å². The van der Waals surface area contributed by atoms with Crippen molar-refractivity contribution in [2.45, 2.75) is 116 Å². The molecule has 2 N–H and O–H groups in total. The molecule has 12 heterocycles. The summed E-state index contributed by atoms with van der Waals surface area (Å²) in [5.74, 6) is 1.67. The molecule has 242 valence electrons.